The molecule has 1 aliphatic carbocycles. The van der Waals surface area contributed by atoms with Crippen molar-refractivity contribution in [3.8, 4) is 78.5 Å². The molecule has 10 rings (SSSR count). The van der Waals surface area contributed by atoms with Crippen LogP contribution in [0.15, 0.2) is 188 Å². The number of nitrogens with zero attached hydrogens (tertiary/aromatic N) is 3. The maximum Gasteiger partial charge on any atom is 0.160 e. The Morgan fingerprint density at radius 2 is 1.02 bits per heavy atom. The molecule has 0 fully saturated rings. The Labute approximate surface area is 321 Å². The topological polar surface area (TPSA) is 38.7 Å². The number of aromatic nitrogens is 3. The summed E-state index contributed by atoms with van der Waals surface area (Å²) in [5.41, 5.74) is 16.9. The van der Waals surface area contributed by atoms with E-state index in [9.17, 15) is 0 Å². The van der Waals surface area contributed by atoms with Crippen LogP contribution in [0.1, 0.15) is 25.0 Å². The molecule has 0 amide bonds. The van der Waals surface area contributed by atoms with Gasteiger partial charge in [-0.1, -0.05) is 166 Å². The lowest BCUT2D eigenvalue weighted by Crippen LogP contribution is -2.15. The van der Waals surface area contributed by atoms with Gasteiger partial charge in [-0.05, 0) is 85.6 Å². The van der Waals surface area contributed by atoms with Gasteiger partial charge in [-0.2, -0.15) is 0 Å². The van der Waals surface area contributed by atoms with Gasteiger partial charge in [0.1, 0.15) is 0 Å². The first-order valence-electron chi connectivity index (χ1n) is 18.8. The van der Waals surface area contributed by atoms with E-state index >= 15 is 0 Å². The summed E-state index contributed by atoms with van der Waals surface area (Å²) in [6, 6.07) is 64.7. The lowest BCUT2D eigenvalue weighted by molar-refractivity contribution is 0.666. The first-order valence-corrected chi connectivity index (χ1v) is 18.8. The SMILES string of the molecule is CC1(C)c2cccc(-c3cccc(-c4cccc(-c5cc(-c6ccc(-c7ccccn7)cc6)nc(-c6ccccc6)n5)c4)c3)c2-c2ccc3ccccc3c21. The first kappa shape index (κ1) is 32.7. The van der Waals surface area contributed by atoms with Gasteiger partial charge in [0.05, 0.1) is 17.1 Å². The standard InChI is InChI=1S/C52H37N3/c1-52(2)45-22-12-21-42(49(45)44-29-28-34-13-6-7-20-43(34)50(44)52)40-18-10-16-38(31-40)39-17-11-19-41(32-39)48-33-47(54-51(55-48)37-14-4-3-5-15-37)36-26-24-35(25-27-36)46-23-8-9-30-53-46/h3-33H,1-2H3. The van der Waals surface area contributed by atoms with Gasteiger partial charge in [0.25, 0.3) is 0 Å². The highest BCUT2D eigenvalue weighted by atomic mass is 14.9. The molecule has 0 N–H and O–H groups in total. The van der Waals surface area contributed by atoms with E-state index in [1.165, 1.54) is 44.2 Å². The highest BCUT2D eigenvalue weighted by molar-refractivity contribution is 6.01. The van der Waals surface area contributed by atoms with E-state index in [1.807, 2.05) is 42.6 Å². The molecule has 7 aromatic carbocycles. The average Bonchev–Trinajstić information content (AvgIpc) is 3.50. The molecule has 55 heavy (non-hydrogen) atoms. The summed E-state index contributed by atoms with van der Waals surface area (Å²) < 4.78 is 0. The van der Waals surface area contributed by atoms with Gasteiger partial charge >= 0.3 is 0 Å². The van der Waals surface area contributed by atoms with Crippen molar-refractivity contribution in [2.75, 3.05) is 0 Å². The number of rotatable bonds is 6. The van der Waals surface area contributed by atoms with Crippen LogP contribution in [0.2, 0.25) is 0 Å². The van der Waals surface area contributed by atoms with Gasteiger partial charge in [0, 0.05) is 33.9 Å². The zero-order chi connectivity index (χ0) is 36.9. The monoisotopic (exact) mass is 703 g/mol. The van der Waals surface area contributed by atoms with Crippen molar-refractivity contribution in [1.82, 2.24) is 15.0 Å². The van der Waals surface area contributed by atoms with Crippen LogP contribution in [0.5, 0.6) is 0 Å². The minimum Gasteiger partial charge on any atom is -0.256 e. The molecule has 0 atom stereocenters. The van der Waals surface area contributed by atoms with Gasteiger partial charge in [-0.15, -0.1) is 0 Å². The smallest absolute Gasteiger partial charge is 0.160 e. The van der Waals surface area contributed by atoms with Crippen LogP contribution in [0.4, 0.5) is 0 Å². The van der Waals surface area contributed by atoms with Gasteiger partial charge in [0.2, 0.25) is 0 Å². The first-order chi connectivity index (χ1) is 27.0. The Balaban J connectivity index is 1.05. The zero-order valence-corrected chi connectivity index (χ0v) is 30.7. The third kappa shape index (κ3) is 5.73. The number of hydrogen-bond donors (Lipinski definition) is 0. The van der Waals surface area contributed by atoms with Crippen LogP contribution in [0.25, 0.3) is 89.3 Å². The van der Waals surface area contributed by atoms with Crippen molar-refractivity contribution in [2.24, 2.45) is 0 Å². The van der Waals surface area contributed by atoms with Crippen molar-refractivity contribution in [1.29, 1.82) is 0 Å². The average molecular weight is 704 g/mol. The Bertz CT molecular complexity index is 2870. The summed E-state index contributed by atoms with van der Waals surface area (Å²) in [6.45, 7) is 4.74. The highest BCUT2D eigenvalue weighted by Gasteiger charge is 2.38. The van der Waals surface area contributed by atoms with E-state index in [0.717, 1.165) is 50.5 Å². The highest BCUT2D eigenvalue weighted by Crippen LogP contribution is 2.54. The van der Waals surface area contributed by atoms with Gasteiger partial charge in [-0.25, -0.2) is 9.97 Å². The summed E-state index contributed by atoms with van der Waals surface area (Å²) in [4.78, 5) is 14.7. The third-order valence-corrected chi connectivity index (χ3v) is 11.1. The summed E-state index contributed by atoms with van der Waals surface area (Å²) in [6.07, 6.45) is 1.82. The second kappa shape index (κ2) is 13.2. The Morgan fingerprint density at radius 3 is 1.78 bits per heavy atom. The molecule has 0 unspecified atom stereocenters. The lowest BCUT2D eigenvalue weighted by atomic mass is 9.80. The molecule has 0 radical (unpaired) electrons. The van der Waals surface area contributed by atoms with Gasteiger partial charge < -0.3 is 0 Å². The molecule has 9 aromatic rings. The van der Waals surface area contributed by atoms with E-state index in [0.29, 0.717) is 5.82 Å². The summed E-state index contributed by atoms with van der Waals surface area (Å²) in [7, 11) is 0. The van der Waals surface area contributed by atoms with Crippen LogP contribution >= 0.6 is 0 Å². The quantitative estimate of drug-likeness (QED) is 0.173. The van der Waals surface area contributed by atoms with Crippen molar-refractivity contribution in [2.45, 2.75) is 19.3 Å². The van der Waals surface area contributed by atoms with Crippen molar-refractivity contribution in [3.63, 3.8) is 0 Å². The Kier molecular flexibility index (Phi) is 7.81. The molecule has 0 spiro atoms. The fraction of sp³-hybridized carbons (Fsp3) is 0.0577. The Hall–Kier alpha value is -6.97. The molecular weight excluding hydrogens is 667 g/mol. The maximum atomic E-state index is 5.14. The normalized spacial score (nSPS) is 12.7. The Morgan fingerprint density at radius 1 is 0.400 bits per heavy atom. The van der Waals surface area contributed by atoms with Gasteiger partial charge in [0.15, 0.2) is 5.82 Å². The lowest BCUT2D eigenvalue weighted by Gasteiger charge is -2.23. The van der Waals surface area contributed by atoms with Crippen LogP contribution in [-0.2, 0) is 5.41 Å². The molecule has 0 bridgehead atoms. The van der Waals surface area contributed by atoms with Crippen molar-refractivity contribution < 1.29 is 0 Å². The molecule has 2 aromatic heterocycles. The van der Waals surface area contributed by atoms with Gasteiger partial charge in [-0.3, -0.25) is 4.98 Å². The fourth-order valence-corrected chi connectivity index (χ4v) is 8.42. The zero-order valence-electron chi connectivity index (χ0n) is 30.7. The second-order valence-electron chi connectivity index (χ2n) is 14.8. The number of fused-ring (bicyclic) bond motifs is 5. The largest absolute Gasteiger partial charge is 0.256 e. The maximum absolute atomic E-state index is 5.14. The number of benzene rings is 7. The predicted octanol–water partition coefficient (Wildman–Crippen LogP) is 13.3. The van der Waals surface area contributed by atoms with Crippen LogP contribution in [0.3, 0.4) is 0 Å². The van der Waals surface area contributed by atoms with Crippen LogP contribution in [-0.4, -0.2) is 15.0 Å². The number of pyridine rings is 1. The van der Waals surface area contributed by atoms with Crippen molar-refractivity contribution >= 4 is 10.8 Å². The minimum absolute atomic E-state index is 0.108. The third-order valence-electron chi connectivity index (χ3n) is 11.1. The van der Waals surface area contributed by atoms with E-state index < -0.39 is 0 Å². The molecule has 1 aliphatic rings. The molecule has 3 nitrogen and oxygen atoms in total. The van der Waals surface area contributed by atoms with Crippen molar-refractivity contribution in [3.05, 3.63) is 199 Å². The molecule has 260 valence electrons. The molecule has 0 saturated carbocycles. The van der Waals surface area contributed by atoms with E-state index in [-0.39, 0.29) is 5.41 Å². The predicted molar refractivity (Wildman–Crippen MR) is 228 cm³/mol. The molecule has 0 aliphatic heterocycles. The second-order valence-corrected chi connectivity index (χ2v) is 14.8. The minimum atomic E-state index is -0.108. The summed E-state index contributed by atoms with van der Waals surface area (Å²) in [5, 5.41) is 2.62. The molecular formula is C52H37N3. The fourth-order valence-electron chi connectivity index (χ4n) is 8.42. The van der Waals surface area contributed by atoms with E-state index in [4.69, 9.17) is 9.97 Å². The van der Waals surface area contributed by atoms with E-state index in [1.54, 1.807) is 0 Å². The number of hydrogen-bond acceptors (Lipinski definition) is 3. The molecule has 2 heterocycles. The summed E-state index contributed by atoms with van der Waals surface area (Å²) in [5.74, 6) is 0.697. The van der Waals surface area contributed by atoms with E-state index in [2.05, 4.69) is 164 Å². The molecule has 3 heteroatoms. The molecule has 0 saturated heterocycles. The van der Waals surface area contributed by atoms with Crippen LogP contribution in [0, 0.1) is 0 Å². The summed E-state index contributed by atoms with van der Waals surface area (Å²) >= 11 is 0. The van der Waals surface area contributed by atoms with Crippen LogP contribution < -0.4 is 0 Å².